The van der Waals surface area contributed by atoms with E-state index in [0.717, 1.165) is 33.7 Å². The van der Waals surface area contributed by atoms with Gasteiger partial charge in [-0.25, -0.2) is 9.97 Å². The van der Waals surface area contributed by atoms with Crippen molar-refractivity contribution in [3.63, 3.8) is 0 Å². The summed E-state index contributed by atoms with van der Waals surface area (Å²) in [6.07, 6.45) is 3.54. The summed E-state index contributed by atoms with van der Waals surface area (Å²) in [6.45, 7) is 1.17. The summed E-state index contributed by atoms with van der Waals surface area (Å²) in [4.78, 5) is 22.3. The number of benzene rings is 3. The number of methoxy groups -OCH3 is 2. The average Bonchev–Trinajstić information content (AvgIpc) is 3.38. The molecule has 0 aliphatic carbocycles. The Morgan fingerprint density at radius 3 is 1.89 bits per heavy atom. The van der Waals surface area contributed by atoms with Gasteiger partial charge >= 0.3 is 0 Å². The van der Waals surface area contributed by atoms with Crippen LogP contribution in [0.5, 0.6) is 11.5 Å². The highest BCUT2D eigenvalue weighted by molar-refractivity contribution is 5.66. The summed E-state index contributed by atoms with van der Waals surface area (Å²) in [5.74, 6) is 2.94. The Hall–Kier alpha value is -4.92. The monoisotopic (exact) mass is 495 g/mol. The van der Waals surface area contributed by atoms with Gasteiger partial charge in [0.2, 0.25) is 5.95 Å². The van der Waals surface area contributed by atoms with Crippen molar-refractivity contribution in [2.24, 2.45) is 0 Å². The van der Waals surface area contributed by atoms with Gasteiger partial charge in [-0.3, -0.25) is 14.5 Å². The van der Waals surface area contributed by atoms with Crippen molar-refractivity contribution in [2.45, 2.75) is 13.1 Å². The number of hydrogen-bond donors (Lipinski definition) is 0. The fourth-order valence-corrected chi connectivity index (χ4v) is 4.19. The molecule has 37 heavy (non-hydrogen) atoms. The summed E-state index contributed by atoms with van der Waals surface area (Å²) in [7, 11) is 3.29. The third-order valence-electron chi connectivity index (χ3n) is 6.11. The Kier molecular flexibility index (Phi) is 6.67. The number of ether oxygens (including phenoxy) is 2. The van der Waals surface area contributed by atoms with Crippen LogP contribution in [0.25, 0.3) is 16.9 Å². The van der Waals surface area contributed by atoms with Crippen molar-refractivity contribution < 1.29 is 14.4 Å². The minimum atomic E-state index is -0.411. The van der Waals surface area contributed by atoms with Gasteiger partial charge in [-0.15, -0.1) is 0 Å². The van der Waals surface area contributed by atoms with Crippen molar-refractivity contribution >= 4 is 17.2 Å². The normalized spacial score (nSPS) is 10.9. The highest BCUT2D eigenvalue weighted by atomic mass is 16.6. The molecule has 0 saturated heterocycles. The summed E-state index contributed by atoms with van der Waals surface area (Å²) in [5.41, 5.74) is 3.83. The van der Waals surface area contributed by atoms with Gasteiger partial charge in [0.25, 0.3) is 5.69 Å². The van der Waals surface area contributed by atoms with Crippen molar-refractivity contribution in [1.82, 2.24) is 14.4 Å². The first-order valence-electron chi connectivity index (χ1n) is 11.6. The highest BCUT2D eigenvalue weighted by Crippen LogP contribution is 2.28. The van der Waals surface area contributed by atoms with E-state index < -0.39 is 4.92 Å². The van der Waals surface area contributed by atoms with Gasteiger partial charge < -0.3 is 14.4 Å². The summed E-state index contributed by atoms with van der Waals surface area (Å²) in [5, 5.41) is 11.1. The van der Waals surface area contributed by atoms with Crippen LogP contribution in [0.3, 0.4) is 0 Å². The van der Waals surface area contributed by atoms with Crippen LogP contribution in [-0.4, -0.2) is 33.5 Å². The van der Waals surface area contributed by atoms with Gasteiger partial charge in [0.1, 0.15) is 17.3 Å². The Morgan fingerprint density at radius 1 is 0.811 bits per heavy atom. The van der Waals surface area contributed by atoms with E-state index in [1.807, 2.05) is 59.0 Å². The van der Waals surface area contributed by atoms with E-state index in [-0.39, 0.29) is 5.69 Å². The molecule has 0 aliphatic heterocycles. The number of hydrogen-bond acceptors (Lipinski definition) is 7. The zero-order chi connectivity index (χ0) is 25.8. The second-order valence-electron chi connectivity index (χ2n) is 8.44. The van der Waals surface area contributed by atoms with Crippen LogP contribution in [0.1, 0.15) is 11.1 Å². The number of nitro benzene ring substituents is 1. The lowest BCUT2D eigenvalue weighted by Gasteiger charge is -2.25. The molecule has 0 spiro atoms. The van der Waals surface area contributed by atoms with Crippen LogP contribution >= 0.6 is 0 Å². The molecule has 9 heteroatoms. The minimum absolute atomic E-state index is 0.0311. The molecule has 0 aliphatic rings. The number of nitro groups is 1. The van der Waals surface area contributed by atoms with E-state index in [1.165, 1.54) is 12.1 Å². The molecule has 0 amide bonds. The molecular formula is C28H25N5O4. The van der Waals surface area contributed by atoms with Gasteiger partial charge in [-0.1, -0.05) is 24.3 Å². The molecule has 186 valence electrons. The Bertz CT molecular complexity index is 1460. The molecule has 0 radical (unpaired) electrons. The molecule has 0 saturated carbocycles. The Balaban J connectivity index is 1.58. The maximum absolute atomic E-state index is 11.1. The maximum atomic E-state index is 11.1. The predicted octanol–water partition coefficient (Wildman–Crippen LogP) is 5.53. The number of nitrogens with zero attached hydrogens (tertiary/aromatic N) is 5. The second-order valence-corrected chi connectivity index (χ2v) is 8.44. The largest absolute Gasteiger partial charge is 0.497 e. The van der Waals surface area contributed by atoms with Crippen molar-refractivity contribution in [1.29, 1.82) is 0 Å². The van der Waals surface area contributed by atoms with Gasteiger partial charge in [0.15, 0.2) is 0 Å². The first-order chi connectivity index (χ1) is 18.1. The van der Waals surface area contributed by atoms with Crippen molar-refractivity contribution in [3.8, 4) is 22.9 Å². The van der Waals surface area contributed by atoms with E-state index in [4.69, 9.17) is 14.5 Å². The van der Waals surface area contributed by atoms with Gasteiger partial charge in [0.05, 0.1) is 30.9 Å². The number of aromatic nitrogens is 3. The second kappa shape index (κ2) is 10.4. The van der Waals surface area contributed by atoms with E-state index in [2.05, 4.69) is 9.88 Å². The van der Waals surface area contributed by atoms with Crippen LogP contribution < -0.4 is 14.4 Å². The van der Waals surface area contributed by atoms with Crippen LogP contribution in [0.4, 0.5) is 11.6 Å². The molecule has 0 fully saturated rings. The van der Waals surface area contributed by atoms with E-state index in [1.54, 1.807) is 38.7 Å². The van der Waals surface area contributed by atoms with E-state index in [0.29, 0.717) is 24.9 Å². The lowest BCUT2D eigenvalue weighted by molar-refractivity contribution is -0.384. The zero-order valence-corrected chi connectivity index (χ0v) is 20.4. The van der Waals surface area contributed by atoms with Gasteiger partial charge in [0, 0.05) is 37.0 Å². The van der Waals surface area contributed by atoms with Gasteiger partial charge in [-0.05, 0) is 53.6 Å². The number of non-ortho nitro benzene ring substituents is 1. The number of anilines is 1. The molecule has 0 unspecified atom stereocenters. The minimum Gasteiger partial charge on any atom is -0.497 e. The summed E-state index contributed by atoms with van der Waals surface area (Å²) < 4.78 is 12.6. The van der Waals surface area contributed by atoms with Crippen molar-refractivity contribution in [2.75, 3.05) is 19.1 Å². The first-order valence-corrected chi connectivity index (χ1v) is 11.6. The van der Waals surface area contributed by atoms with Crippen molar-refractivity contribution in [3.05, 3.63) is 112 Å². The summed E-state index contributed by atoms with van der Waals surface area (Å²) in [6, 6.07) is 24.2. The fraction of sp³-hybridized carbons (Fsp3) is 0.143. The number of imidazole rings is 1. The highest BCUT2D eigenvalue weighted by Gasteiger charge is 2.18. The molecule has 0 N–H and O–H groups in total. The van der Waals surface area contributed by atoms with Crippen LogP contribution in [0.15, 0.2) is 91.3 Å². The molecule has 5 aromatic rings. The van der Waals surface area contributed by atoms with Gasteiger partial charge in [-0.2, -0.15) is 0 Å². The lowest BCUT2D eigenvalue weighted by atomic mass is 10.1. The fourth-order valence-electron chi connectivity index (χ4n) is 4.19. The molecule has 2 heterocycles. The first kappa shape index (κ1) is 23.8. The summed E-state index contributed by atoms with van der Waals surface area (Å²) >= 11 is 0. The van der Waals surface area contributed by atoms with Crippen LogP contribution in [0.2, 0.25) is 0 Å². The average molecular weight is 496 g/mol. The molecule has 0 atom stereocenters. The standard InChI is InChI=1S/C28H25N5O4/c1-36-25-11-3-20(4-12-25)18-31(19-21-5-13-26(37-2)14-6-21)28-29-16-15-24-17-30-27(32(24)28)22-7-9-23(10-8-22)33(34)35/h3-17H,18-19H2,1-2H3. The number of fused-ring (bicyclic) bond motifs is 1. The van der Waals surface area contributed by atoms with E-state index >= 15 is 0 Å². The van der Waals surface area contributed by atoms with E-state index in [9.17, 15) is 10.1 Å². The SMILES string of the molecule is COc1ccc(CN(Cc2ccc(OC)cc2)c2nccc3cnc(-c4ccc([N+](=O)[O-])cc4)n23)cc1. The molecule has 2 aromatic heterocycles. The molecule has 3 aromatic carbocycles. The quantitative estimate of drug-likeness (QED) is 0.196. The van der Waals surface area contributed by atoms with Crippen LogP contribution in [-0.2, 0) is 13.1 Å². The Labute approximate surface area is 213 Å². The third kappa shape index (κ3) is 5.06. The smallest absolute Gasteiger partial charge is 0.269 e. The van der Waals surface area contributed by atoms with Crippen LogP contribution in [0, 0.1) is 10.1 Å². The molecule has 5 rings (SSSR count). The third-order valence-corrected chi connectivity index (χ3v) is 6.11. The predicted molar refractivity (Wildman–Crippen MR) is 141 cm³/mol. The zero-order valence-electron chi connectivity index (χ0n) is 20.4. The Morgan fingerprint density at radius 2 is 1.38 bits per heavy atom. The lowest BCUT2D eigenvalue weighted by Crippen LogP contribution is -2.25. The number of rotatable bonds is 9. The topological polar surface area (TPSA) is 95.0 Å². The molecule has 0 bridgehead atoms. The maximum Gasteiger partial charge on any atom is 0.269 e. The molecule has 9 nitrogen and oxygen atoms in total. The molecular weight excluding hydrogens is 470 g/mol.